The van der Waals surface area contributed by atoms with Crippen LogP contribution in [-0.4, -0.2) is 57.6 Å². The Hall–Kier alpha value is -1.85. The molecule has 6 heteroatoms. The predicted molar refractivity (Wildman–Crippen MR) is 77.5 cm³/mol. The van der Waals surface area contributed by atoms with E-state index in [9.17, 15) is 9.59 Å². The molecule has 0 aliphatic carbocycles. The Morgan fingerprint density at radius 1 is 1.38 bits per heavy atom. The number of hydrogen-bond donors (Lipinski definition) is 0. The van der Waals surface area contributed by atoms with Gasteiger partial charge < -0.3 is 9.80 Å². The Kier molecular flexibility index (Phi) is 3.47. The van der Waals surface area contributed by atoms with Gasteiger partial charge in [-0.2, -0.15) is 5.10 Å². The number of carbonyl (C=O) groups excluding carboxylic acids is 2. The molecular formula is C15H22N4O2. The monoisotopic (exact) mass is 290 g/mol. The van der Waals surface area contributed by atoms with Crippen LogP contribution in [-0.2, 0) is 11.8 Å². The fourth-order valence-electron chi connectivity index (χ4n) is 3.46. The molecule has 0 aromatic carbocycles. The third kappa shape index (κ3) is 2.43. The van der Waals surface area contributed by atoms with Gasteiger partial charge in [-0.1, -0.05) is 13.8 Å². The van der Waals surface area contributed by atoms with E-state index >= 15 is 0 Å². The highest BCUT2D eigenvalue weighted by Gasteiger charge is 2.47. The average Bonchev–Trinajstić information content (AvgIpc) is 3.07. The molecule has 2 fully saturated rings. The van der Waals surface area contributed by atoms with Crippen molar-refractivity contribution in [3.05, 3.63) is 18.0 Å². The second-order valence-electron chi connectivity index (χ2n) is 6.55. The van der Waals surface area contributed by atoms with E-state index in [1.54, 1.807) is 28.9 Å². The molecule has 0 saturated carbocycles. The van der Waals surface area contributed by atoms with Crippen LogP contribution in [0.1, 0.15) is 24.3 Å². The summed E-state index contributed by atoms with van der Waals surface area (Å²) in [4.78, 5) is 28.6. The van der Waals surface area contributed by atoms with E-state index in [1.165, 1.54) is 0 Å². The standard InChI is InChI=1S/C15H22N4O2/c1-10(2)6-18-7-11-8-19(9-12(11)14(18)20)15(21)13-4-5-16-17(13)3/h4-5,10-12H,6-9H2,1-3H3/t11-,12+/m1/s1. The summed E-state index contributed by atoms with van der Waals surface area (Å²) in [6.07, 6.45) is 1.62. The Morgan fingerprint density at radius 3 is 2.71 bits per heavy atom. The second-order valence-corrected chi connectivity index (χ2v) is 6.55. The molecule has 2 aliphatic rings. The first kappa shape index (κ1) is 14.1. The van der Waals surface area contributed by atoms with E-state index in [4.69, 9.17) is 0 Å². The Morgan fingerprint density at radius 2 is 2.14 bits per heavy atom. The third-order valence-electron chi connectivity index (χ3n) is 4.44. The van der Waals surface area contributed by atoms with E-state index < -0.39 is 0 Å². The second kappa shape index (κ2) is 5.16. The van der Waals surface area contributed by atoms with Crippen molar-refractivity contribution in [3.63, 3.8) is 0 Å². The molecule has 0 bridgehead atoms. The molecule has 114 valence electrons. The summed E-state index contributed by atoms with van der Waals surface area (Å²) in [5.41, 5.74) is 0.585. The number of hydrogen-bond acceptors (Lipinski definition) is 3. The molecular weight excluding hydrogens is 268 g/mol. The summed E-state index contributed by atoms with van der Waals surface area (Å²) >= 11 is 0. The lowest BCUT2D eigenvalue weighted by Crippen LogP contribution is -2.37. The van der Waals surface area contributed by atoms with E-state index in [2.05, 4.69) is 18.9 Å². The van der Waals surface area contributed by atoms with Gasteiger partial charge in [0.2, 0.25) is 5.91 Å². The molecule has 0 radical (unpaired) electrons. The molecule has 1 aromatic rings. The molecule has 0 spiro atoms. The summed E-state index contributed by atoms with van der Waals surface area (Å²) in [5, 5.41) is 4.03. The number of amides is 2. The Labute approximate surface area is 124 Å². The van der Waals surface area contributed by atoms with Crippen molar-refractivity contribution in [2.24, 2.45) is 24.8 Å². The number of aryl methyl sites for hydroxylation is 1. The van der Waals surface area contributed by atoms with Crippen molar-refractivity contribution in [3.8, 4) is 0 Å². The van der Waals surface area contributed by atoms with Crippen LogP contribution in [0, 0.1) is 17.8 Å². The predicted octanol–water partition coefficient (Wildman–Crippen LogP) is 0.607. The van der Waals surface area contributed by atoms with E-state index in [0.717, 1.165) is 13.1 Å². The van der Waals surface area contributed by atoms with Gasteiger partial charge in [-0.25, -0.2) is 0 Å². The maximum absolute atomic E-state index is 12.5. The fraction of sp³-hybridized carbons (Fsp3) is 0.667. The minimum absolute atomic E-state index is 0.0130. The molecule has 1 aromatic heterocycles. The van der Waals surface area contributed by atoms with Crippen molar-refractivity contribution in [2.45, 2.75) is 13.8 Å². The van der Waals surface area contributed by atoms with Crippen LogP contribution in [0.15, 0.2) is 12.3 Å². The van der Waals surface area contributed by atoms with Crippen molar-refractivity contribution < 1.29 is 9.59 Å². The van der Waals surface area contributed by atoms with Crippen molar-refractivity contribution >= 4 is 11.8 Å². The number of rotatable bonds is 3. The van der Waals surface area contributed by atoms with Crippen molar-refractivity contribution in [2.75, 3.05) is 26.2 Å². The largest absolute Gasteiger partial charge is 0.342 e. The van der Waals surface area contributed by atoms with Crippen LogP contribution < -0.4 is 0 Å². The Bertz CT molecular complexity index is 566. The van der Waals surface area contributed by atoms with Crippen LogP contribution >= 0.6 is 0 Å². The first-order valence-corrected chi connectivity index (χ1v) is 7.53. The zero-order chi connectivity index (χ0) is 15.1. The Balaban J connectivity index is 1.67. The topological polar surface area (TPSA) is 58.4 Å². The van der Waals surface area contributed by atoms with Crippen molar-refractivity contribution in [1.82, 2.24) is 19.6 Å². The van der Waals surface area contributed by atoms with Crippen LogP contribution in [0.5, 0.6) is 0 Å². The lowest BCUT2D eigenvalue weighted by atomic mass is 10.0. The molecule has 6 nitrogen and oxygen atoms in total. The van der Waals surface area contributed by atoms with Crippen LogP contribution in [0.2, 0.25) is 0 Å². The minimum atomic E-state index is -0.0207. The summed E-state index contributed by atoms with van der Waals surface area (Å²) in [6.45, 7) is 7.08. The number of likely N-dealkylation sites (tertiary alicyclic amines) is 2. The minimum Gasteiger partial charge on any atom is -0.342 e. The molecule has 2 amide bonds. The highest BCUT2D eigenvalue weighted by atomic mass is 16.2. The summed E-state index contributed by atoms with van der Waals surface area (Å²) in [7, 11) is 1.76. The van der Waals surface area contributed by atoms with Crippen LogP contribution in [0.3, 0.4) is 0 Å². The van der Waals surface area contributed by atoms with Gasteiger partial charge in [0.15, 0.2) is 0 Å². The zero-order valence-corrected chi connectivity index (χ0v) is 12.8. The first-order chi connectivity index (χ1) is 9.97. The first-order valence-electron chi connectivity index (χ1n) is 7.53. The smallest absolute Gasteiger partial charge is 0.272 e. The maximum Gasteiger partial charge on any atom is 0.272 e. The zero-order valence-electron chi connectivity index (χ0n) is 12.8. The van der Waals surface area contributed by atoms with Gasteiger partial charge in [-0.05, 0) is 12.0 Å². The number of carbonyl (C=O) groups is 2. The van der Waals surface area contributed by atoms with Gasteiger partial charge in [0.05, 0.1) is 5.92 Å². The molecule has 0 unspecified atom stereocenters. The molecule has 3 rings (SSSR count). The van der Waals surface area contributed by atoms with Crippen LogP contribution in [0.25, 0.3) is 0 Å². The van der Waals surface area contributed by atoms with Gasteiger partial charge in [0.1, 0.15) is 5.69 Å². The van der Waals surface area contributed by atoms with E-state index in [0.29, 0.717) is 24.7 Å². The average molecular weight is 290 g/mol. The lowest BCUT2D eigenvalue weighted by molar-refractivity contribution is -0.131. The SMILES string of the molecule is CC(C)CN1C[C@@H]2CN(C(=O)c3ccnn3C)C[C@@H]2C1=O. The van der Waals surface area contributed by atoms with Gasteiger partial charge in [-0.15, -0.1) is 0 Å². The molecule has 2 saturated heterocycles. The molecule has 21 heavy (non-hydrogen) atoms. The normalized spacial score (nSPS) is 25.0. The van der Waals surface area contributed by atoms with E-state index in [-0.39, 0.29) is 23.7 Å². The van der Waals surface area contributed by atoms with Crippen LogP contribution in [0.4, 0.5) is 0 Å². The molecule has 0 N–H and O–H groups in total. The molecule has 2 aliphatic heterocycles. The van der Waals surface area contributed by atoms with Gasteiger partial charge in [0.25, 0.3) is 5.91 Å². The van der Waals surface area contributed by atoms with Gasteiger partial charge >= 0.3 is 0 Å². The summed E-state index contributed by atoms with van der Waals surface area (Å²) in [6, 6.07) is 1.73. The van der Waals surface area contributed by atoms with Crippen molar-refractivity contribution in [1.29, 1.82) is 0 Å². The summed E-state index contributed by atoms with van der Waals surface area (Å²) in [5.74, 6) is 0.955. The number of aromatic nitrogens is 2. The maximum atomic E-state index is 12.5. The fourth-order valence-corrected chi connectivity index (χ4v) is 3.46. The highest BCUT2D eigenvalue weighted by Crippen LogP contribution is 2.33. The summed E-state index contributed by atoms with van der Waals surface area (Å²) < 4.78 is 1.59. The third-order valence-corrected chi connectivity index (χ3v) is 4.44. The quantitative estimate of drug-likeness (QED) is 0.819. The lowest BCUT2D eigenvalue weighted by Gasteiger charge is -2.23. The van der Waals surface area contributed by atoms with E-state index in [1.807, 2.05) is 4.90 Å². The number of fused-ring (bicyclic) bond motifs is 1. The van der Waals surface area contributed by atoms with Gasteiger partial charge in [-0.3, -0.25) is 14.3 Å². The molecule has 2 atom stereocenters. The number of nitrogens with zero attached hydrogens (tertiary/aromatic N) is 4. The highest BCUT2D eigenvalue weighted by molar-refractivity contribution is 5.93. The molecule has 3 heterocycles. The van der Waals surface area contributed by atoms with Gasteiger partial charge in [0, 0.05) is 45.3 Å².